The van der Waals surface area contributed by atoms with Crippen LogP contribution < -0.4 is 5.32 Å². The van der Waals surface area contributed by atoms with Gasteiger partial charge in [0.2, 0.25) is 0 Å². The van der Waals surface area contributed by atoms with Gasteiger partial charge in [0.25, 0.3) is 0 Å². The Morgan fingerprint density at radius 1 is 1.14 bits per heavy atom. The van der Waals surface area contributed by atoms with E-state index in [1.54, 1.807) is 5.57 Å². The average molecular weight is 193 g/mol. The molecule has 0 aromatic carbocycles. The quantitative estimate of drug-likeness (QED) is 0.622. The van der Waals surface area contributed by atoms with Gasteiger partial charge >= 0.3 is 0 Å². The van der Waals surface area contributed by atoms with E-state index in [1.165, 1.54) is 25.0 Å². The molecule has 80 valence electrons. The van der Waals surface area contributed by atoms with Crippen LogP contribution in [-0.4, -0.2) is 13.1 Å². The van der Waals surface area contributed by atoms with Crippen LogP contribution in [0.2, 0.25) is 0 Å². The highest BCUT2D eigenvalue weighted by Gasteiger charge is 2.47. The maximum Gasteiger partial charge on any atom is 0.0205 e. The van der Waals surface area contributed by atoms with Crippen LogP contribution in [0, 0.1) is 5.41 Å². The lowest BCUT2D eigenvalue weighted by Gasteiger charge is -2.28. The first kappa shape index (κ1) is 11.5. The summed E-state index contributed by atoms with van der Waals surface area (Å²) >= 11 is 0. The van der Waals surface area contributed by atoms with Crippen LogP contribution in [-0.2, 0) is 0 Å². The lowest BCUT2D eigenvalue weighted by Crippen LogP contribution is -2.34. The maximum absolute atomic E-state index is 3.49. The Bertz CT molecular complexity index is 244. The molecular formula is C13H23N. The molecule has 1 heteroatoms. The minimum atomic E-state index is 0.550. The Morgan fingerprint density at radius 2 is 1.79 bits per heavy atom. The van der Waals surface area contributed by atoms with Crippen LogP contribution >= 0.6 is 0 Å². The standard InChI is InChI=1S/C11H17N.C2H6/c1-3-9-7-12-8-11(5-6-11)10(9)4-2;1-2/h3-4,12H,5-8H2,1-2H3;1-2H3/b9-3-,10-4+;. The smallest absolute Gasteiger partial charge is 0.0205 e. The first-order valence-electron chi connectivity index (χ1n) is 5.85. The van der Waals surface area contributed by atoms with Crippen LogP contribution in [0.15, 0.2) is 23.3 Å². The Hall–Kier alpha value is -0.560. The van der Waals surface area contributed by atoms with Crippen LogP contribution in [0.1, 0.15) is 40.5 Å². The van der Waals surface area contributed by atoms with E-state index < -0.39 is 0 Å². The molecule has 1 nitrogen and oxygen atoms in total. The summed E-state index contributed by atoms with van der Waals surface area (Å²) in [5, 5.41) is 3.49. The third-order valence-electron chi connectivity index (χ3n) is 3.19. The van der Waals surface area contributed by atoms with E-state index in [-0.39, 0.29) is 0 Å². The fourth-order valence-electron chi connectivity index (χ4n) is 2.31. The van der Waals surface area contributed by atoms with Crippen molar-refractivity contribution in [2.24, 2.45) is 5.41 Å². The summed E-state index contributed by atoms with van der Waals surface area (Å²) in [5.41, 5.74) is 3.68. The van der Waals surface area contributed by atoms with Gasteiger partial charge in [0.15, 0.2) is 0 Å². The molecule has 0 unspecified atom stereocenters. The number of rotatable bonds is 0. The van der Waals surface area contributed by atoms with Gasteiger partial charge in [0.05, 0.1) is 0 Å². The summed E-state index contributed by atoms with van der Waals surface area (Å²) in [6, 6.07) is 0. The van der Waals surface area contributed by atoms with Gasteiger partial charge < -0.3 is 5.32 Å². The van der Waals surface area contributed by atoms with Crippen LogP contribution in [0.25, 0.3) is 0 Å². The molecule has 0 aromatic rings. The molecule has 0 atom stereocenters. The highest BCUT2D eigenvalue weighted by atomic mass is 14.9. The van der Waals surface area contributed by atoms with Gasteiger partial charge in [-0.25, -0.2) is 0 Å². The first-order chi connectivity index (χ1) is 6.82. The molecule has 0 aromatic heterocycles. The van der Waals surface area contributed by atoms with Gasteiger partial charge in [-0.15, -0.1) is 0 Å². The predicted molar refractivity (Wildman–Crippen MR) is 63.4 cm³/mol. The van der Waals surface area contributed by atoms with Crippen molar-refractivity contribution in [3.63, 3.8) is 0 Å². The van der Waals surface area contributed by atoms with Crippen molar-refractivity contribution < 1.29 is 0 Å². The molecule has 14 heavy (non-hydrogen) atoms. The molecule has 1 saturated heterocycles. The van der Waals surface area contributed by atoms with E-state index in [2.05, 4.69) is 31.3 Å². The summed E-state index contributed by atoms with van der Waals surface area (Å²) in [7, 11) is 0. The zero-order chi connectivity index (χ0) is 10.6. The van der Waals surface area contributed by atoms with Crippen LogP contribution in [0.3, 0.4) is 0 Å². The van der Waals surface area contributed by atoms with E-state index in [0.29, 0.717) is 5.41 Å². The van der Waals surface area contributed by atoms with Gasteiger partial charge in [-0.2, -0.15) is 0 Å². The second kappa shape index (κ2) is 4.79. The van der Waals surface area contributed by atoms with Crippen molar-refractivity contribution >= 4 is 0 Å². The molecule has 1 spiro atoms. The molecule has 1 heterocycles. The summed E-state index contributed by atoms with van der Waals surface area (Å²) in [4.78, 5) is 0. The number of allylic oxidation sites excluding steroid dienone is 2. The maximum atomic E-state index is 3.49. The van der Waals surface area contributed by atoms with Crippen molar-refractivity contribution in [3.8, 4) is 0 Å². The van der Waals surface area contributed by atoms with E-state index in [0.717, 1.165) is 6.54 Å². The van der Waals surface area contributed by atoms with Crippen LogP contribution in [0.5, 0.6) is 0 Å². The fourth-order valence-corrected chi connectivity index (χ4v) is 2.31. The van der Waals surface area contributed by atoms with E-state index in [1.807, 2.05) is 13.8 Å². The summed E-state index contributed by atoms with van der Waals surface area (Å²) in [6.07, 6.45) is 7.33. The average Bonchev–Trinajstić information content (AvgIpc) is 3.01. The normalized spacial score (nSPS) is 28.9. The molecule has 1 aliphatic carbocycles. The van der Waals surface area contributed by atoms with Gasteiger partial charge in [0, 0.05) is 18.5 Å². The molecule has 0 radical (unpaired) electrons. The van der Waals surface area contributed by atoms with Gasteiger partial charge in [-0.1, -0.05) is 26.0 Å². The molecular weight excluding hydrogens is 170 g/mol. The topological polar surface area (TPSA) is 12.0 Å². The monoisotopic (exact) mass is 193 g/mol. The van der Waals surface area contributed by atoms with Crippen molar-refractivity contribution in [1.82, 2.24) is 5.32 Å². The molecule has 0 bridgehead atoms. The summed E-state index contributed by atoms with van der Waals surface area (Å²) in [5.74, 6) is 0. The molecule has 1 N–H and O–H groups in total. The molecule has 2 fully saturated rings. The highest BCUT2D eigenvalue weighted by molar-refractivity contribution is 5.43. The van der Waals surface area contributed by atoms with E-state index >= 15 is 0 Å². The van der Waals surface area contributed by atoms with Crippen molar-refractivity contribution in [2.45, 2.75) is 40.5 Å². The van der Waals surface area contributed by atoms with Crippen LogP contribution in [0.4, 0.5) is 0 Å². The van der Waals surface area contributed by atoms with Gasteiger partial charge in [-0.05, 0) is 37.8 Å². The zero-order valence-electron chi connectivity index (χ0n) is 9.98. The Kier molecular flexibility index (Phi) is 3.94. The Labute approximate surface area is 88.3 Å². The zero-order valence-corrected chi connectivity index (χ0v) is 9.98. The molecule has 1 aliphatic heterocycles. The lowest BCUT2D eigenvalue weighted by atomic mass is 9.85. The first-order valence-corrected chi connectivity index (χ1v) is 5.85. The van der Waals surface area contributed by atoms with E-state index in [4.69, 9.17) is 0 Å². The molecule has 2 aliphatic rings. The molecule has 0 amide bonds. The highest BCUT2D eigenvalue weighted by Crippen LogP contribution is 2.54. The molecule has 1 saturated carbocycles. The van der Waals surface area contributed by atoms with Gasteiger partial charge in [-0.3, -0.25) is 0 Å². The number of nitrogens with one attached hydrogen (secondary N) is 1. The summed E-state index contributed by atoms with van der Waals surface area (Å²) < 4.78 is 0. The van der Waals surface area contributed by atoms with Crippen molar-refractivity contribution in [1.29, 1.82) is 0 Å². The third kappa shape index (κ3) is 1.93. The number of piperidine rings is 1. The minimum absolute atomic E-state index is 0.550. The Morgan fingerprint density at radius 3 is 2.21 bits per heavy atom. The predicted octanol–water partition coefficient (Wildman–Crippen LogP) is 3.29. The number of hydrogen-bond donors (Lipinski definition) is 1. The van der Waals surface area contributed by atoms with Crippen molar-refractivity contribution in [2.75, 3.05) is 13.1 Å². The SMILES string of the molecule is C/C=C1\C(=C/C)CNCC12CC2.CC. The fraction of sp³-hybridized carbons (Fsp3) is 0.692. The third-order valence-corrected chi connectivity index (χ3v) is 3.19. The molecule has 2 rings (SSSR count). The van der Waals surface area contributed by atoms with Gasteiger partial charge in [0.1, 0.15) is 0 Å². The largest absolute Gasteiger partial charge is 0.312 e. The lowest BCUT2D eigenvalue weighted by molar-refractivity contribution is 0.504. The second-order valence-electron chi connectivity index (χ2n) is 3.90. The Balaban J connectivity index is 0.000000461. The van der Waals surface area contributed by atoms with E-state index in [9.17, 15) is 0 Å². The van der Waals surface area contributed by atoms with Crippen molar-refractivity contribution in [3.05, 3.63) is 23.3 Å². The number of hydrogen-bond acceptors (Lipinski definition) is 1. The minimum Gasteiger partial charge on any atom is -0.312 e. The summed E-state index contributed by atoms with van der Waals surface area (Å²) in [6.45, 7) is 10.6. The second-order valence-corrected chi connectivity index (χ2v) is 3.90.